The van der Waals surface area contributed by atoms with Crippen LogP contribution in [0.5, 0.6) is 0 Å². The summed E-state index contributed by atoms with van der Waals surface area (Å²) in [5, 5.41) is 20.4. The van der Waals surface area contributed by atoms with E-state index in [0.29, 0.717) is 25.7 Å². The van der Waals surface area contributed by atoms with Crippen LogP contribution in [0.25, 0.3) is 0 Å². The fourth-order valence-corrected chi connectivity index (χ4v) is 4.38. The molecule has 0 radical (unpaired) electrons. The molecule has 0 heterocycles. The van der Waals surface area contributed by atoms with Crippen molar-refractivity contribution in [3.05, 3.63) is 35.4 Å². The molecule has 0 saturated carbocycles. The van der Waals surface area contributed by atoms with Crippen molar-refractivity contribution < 1.29 is 39.0 Å². The molecule has 1 amide bonds. The van der Waals surface area contributed by atoms with Crippen molar-refractivity contribution in [3.8, 4) is 0 Å². The Balaban J connectivity index is 2.17. The van der Waals surface area contributed by atoms with Crippen molar-refractivity contribution in [1.29, 1.82) is 0 Å². The summed E-state index contributed by atoms with van der Waals surface area (Å²) in [5.41, 5.74) is 1.93. The Hall–Kier alpha value is -3.36. The number of unbranched alkanes of at least 4 members (excludes halogenated alkanes) is 4. The average molecular weight is 546 g/mol. The van der Waals surface area contributed by atoms with Gasteiger partial charge in [0.25, 0.3) is 0 Å². The first-order valence-corrected chi connectivity index (χ1v) is 13.8. The number of carboxylic acids is 2. The van der Waals surface area contributed by atoms with E-state index in [0.717, 1.165) is 36.8 Å². The molecule has 1 aromatic carbocycles. The third kappa shape index (κ3) is 15.6. The van der Waals surface area contributed by atoms with E-state index in [1.54, 1.807) is 14.0 Å². The van der Waals surface area contributed by atoms with E-state index in [-0.39, 0.29) is 67.7 Å². The maximum Gasteiger partial charge on any atom is 0.306 e. The Morgan fingerprint density at radius 2 is 1.28 bits per heavy atom. The minimum absolute atomic E-state index is 0.0143. The molecular weight excluding hydrogens is 502 g/mol. The standard InChI is InChI=1S/C30H43NO8/c1-21(29(37)31-2)18-27(34)19-23-12-10-22(11-13-23)14-16-25(32)8-6-4-3-5-7-9-26(33)20-24(30(38)39)15-17-28(35)36/h10-13,21,24H,3-9,14-20H2,1-2H3,(H,31,37)(H,35,36)(H,38,39)/t21-,24-/m1/s1. The fourth-order valence-electron chi connectivity index (χ4n) is 4.38. The van der Waals surface area contributed by atoms with Crippen molar-refractivity contribution in [2.24, 2.45) is 11.8 Å². The molecule has 0 aliphatic rings. The zero-order valence-electron chi connectivity index (χ0n) is 23.2. The normalized spacial score (nSPS) is 12.4. The molecule has 0 bridgehead atoms. The summed E-state index contributed by atoms with van der Waals surface area (Å²) in [7, 11) is 1.55. The second-order valence-electron chi connectivity index (χ2n) is 10.3. The number of rotatable bonds is 22. The van der Waals surface area contributed by atoms with Gasteiger partial charge in [-0.3, -0.25) is 28.8 Å². The van der Waals surface area contributed by atoms with Gasteiger partial charge in [-0.2, -0.15) is 0 Å². The summed E-state index contributed by atoms with van der Waals surface area (Å²) in [5.74, 6) is -3.58. The molecule has 9 heteroatoms. The van der Waals surface area contributed by atoms with Crippen molar-refractivity contribution in [3.63, 3.8) is 0 Å². The van der Waals surface area contributed by atoms with Crippen molar-refractivity contribution in [2.75, 3.05) is 7.05 Å². The Labute approximate surface area is 230 Å². The van der Waals surface area contributed by atoms with E-state index in [2.05, 4.69) is 5.32 Å². The highest BCUT2D eigenvalue weighted by Crippen LogP contribution is 2.16. The van der Waals surface area contributed by atoms with E-state index in [1.807, 2.05) is 24.3 Å². The Bertz CT molecular complexity index is 970. The van der Waals surface area contributed by atoms with E-state index in [9.17, 15) is 28.8 Å². The van der Waals surface area contributed by atoms with Gasteiger partial charge in [0.15, 0.2) is 0 Å². The predicted molar refractivity (Wildman–Crippen MR) is 146 cm³/mol. The van der Waals surface area contributed by atoms with Gasteiger partial charge >= 0.3 is 11.9 Å². The second-order valence-corrected chi connectivity index (χ2v) is 10.3. The third-order valence-corrected chi connectivity index (χ3v) is 6.79. The lowest BCUT2D eigenvalue weighted by Gasteiger charge is -2.10. The average Bonchev–Trinajstić information content (AvgIpc) is 2.89. The van der Waals surface area contributed by atoms with Crippen LogP contribution in [-0.4, -0.2) is 52.5 Å². The van der Waals surface area contributed by atoms with Gasteiger partial charge in [-0.1, -0.05) is 50.5 Å². The number of carbonyl (C=O) groups excluding carboxylic acids is 4. The van der Waals surface area contributed by atoms with E-state index in [1.165, 1.54) is 0 Å². The molecule has 0 saturated heterocycles. The SMILES string of the molecule is CNC(=O)[C@H](C)CC(=O)Cc1ccc(CCC(=O)CCCCCCCC(=O)C[C@@H](CCC(=O)O)C(=O)O)cc1. The molecule has 1 rings (SSSR count). The maximum absolute atomic E-state index is 12.2. The first-order chi connectivity index (χ1) is 18.5. The predicted octanol–water partition coefficient (Wildman–Crippen LogP) is 4.33. The number of benzene rings is 1. The number of amides is 1. The van der Waals surface area contributed by atoms with Crippen molar-refractivity contribution in [2.45, 2.75) is 96.8 Å². The molecule has 0 unspecified atom stereocenters. The number of aryl methyl sites for hydroxylation is 1. The summed E-state index contributed by atoms with van der Waals surface area (Å²) < 4.78 is 0. The van der Waals surface area contributed by atoms with E-state index in [4.69, 9.17) is 10.2 Å². The molecular formula is C30H43NO8. The molecule has 0 aliphatic heterocycles. The molecule has 0 aromatic heterocycles. The largest absolute Gasteiger partial charge is 0.481 e. The Morgan fingerprint density at radius 1 is 0.718 bits per heavy atom. The van der Waals surface area contributed by atoms with Crippen molar-refractivity contribution in [1.82, 2.24) is 5.32 Å². The zero-order valence-corrected chi connectivity index (χ0v) is 23.2. The molecule has 2 atom stereocenters. The van der Waals surface area contributed by atoms with Crippen LogP contribution in [0.2, 0.25) is 0 Å². The number of aliphatic carboxylic acids is 2. The number of ketones is 3. The number of carbonyl (C=O) groups is 6. The van der Waals surface area contributed by atoms with Crippen LogP contribution in [-0.2, 0) is 41.6 Å². The van der Waals surface area contributed by atoms with Crippen LogP contribution in [0, 0.1) is 11.8 Å². The molecule has 0 aliphatic carbocycles. The zero-order chi connectivity index (χ0) is 29.2. The van der Waals surface area contributed by atoms with E-state index < -0.39 is 17.9 Å². The molecule has 9 nitrogen and oxygen atoms in total. The minimum atomic E-state index is -1.14. The van der Waals surface area contributed by atoms with Crippen molar-refractivity contribution >= 4 is 35.2 Å². The minimum Gasteiger partial charge on any atom is -0.481 e. The monoisotopic (exact) mass is 545 g/mol. The lowest BCUT2D eigenvalue weighted by atomic mass is 9.95. The highest BCUT2D eigenvalue weighted by molar-refractivity contribution is 5.87. The lowest BCUT2D eigenvalue weighted by Crippen LogP contribution is -2.27. The molecule has 0 fully saturated rings. The maximum atomic E-state index is 12.2. The summed E-state index contributed by atoms with van der Waals surface area (Å²) >= 11 is 0. The van der Waals surface area contributed by atoms with Gasteiger partial charge in [-0.15, -0.1) is 0 Å². The molecule has 216 valence electrons. The third-order valence-electron chi connectivity index (χ3n) is 6.79. The topological polar surface area (TPSA) is 155 Å². The molecule has 1 aromatic rings. The van der Waals surface area contributed by atoms with Crippen LogP contribution in [0.1, 0.15) is 95.1 Å². The highest BCUT2D eigenvalue weighted by Gasteiger charge is 2.22. The molecule has 39 heavy (non-hydrogen) atoms. The van der Waals surface area contributed by atoms with Crippen LogP contribution in [0.4, 0.5) is 0 Å². The van der Waals surface area contributed by atoms with E-state index >= 15 is 0 Å². The van der Waals surface area contributed by atoms with Gasteiger partial charge in [0, 0.05) is 57.9 Å². The van der Waals surface area contributed by atoms with Gasteiger partial charge in [-0.25, -0.2) is 0 Å². The second kappa shape index (κ2) is 18.8. The van der Waals surface area contributed by atoms with Gasteiger partial charge in [0.2, 0.25) is 5.91 Å². The summed E-state index contributed by atoms with van der Waals surface area (Å²) in [4.78, 5) is 69.8. The van der Waals surface area contributed by atoms with Gasteiger partial charge < -0.3 is 15.5 Å². The van der Waals surface area contributed by atoms with Gasteiger partial charge in [0.1, 0.15) is 17.3 Å². The smallest absolute Gasteiger partial charge is 0.306 e. The first kappa shape index (κ1) is 33.7. The fraction of sp³-hybridized carbons (Fsp3) is 0.600. The van der Waals surface area contributed by atoms with Crippen LogP contribution in [0.3, 0.4) is 0 Å². The summed E-state index contributed by atoms with van der Waals surface area (Å²) in [6.45, 7) is 1.73. The highest BCUT2D eigenvalue weighted by atomic mass is 16.4. The lowest BCUT2D eigenvalue weighted by molar-refractivity contribution is -0.145. The number of hydrogen-bond donors (Lipinski definition) is 3. The molecule has 0 spiro atoms. The van der Waals surface area contributed by atoms with Gasteiger partial charge in [-0.05, 0) is 36.8 Å². The van der Waals surface area contributed by atoms with Crippen LogP contribution < -0.4 is 5.32 Å². The number of hydrogen-bond acceptors (Lipinski definition) is 6. The number of carboxylic acid groups (broad SMARTS) is 2. The quantitative estimate of drug-likeness (QED) is 0.182. The van der Waals surface area contributed by atoms with Crippen LogP contribution >= 0.6 is 0 Å². The first-order valence-electron chi connectivity index (χ1n) is 13.8. The van der Waals surface area contributed by atoms with Crippen LogP contribution in [0.15, 0.2) is 24.3 Å². The number of Topliss-reactive ketones (excluding diaryl/α,β-unsaturated/α-hetero) is 3. The summed E-state index contributed by atoms with van der Waals surface area (Å²) in [6.07, 6.45) is 6.01. The molecule has 3 N–H and O–H groups in total. The summed E-state index contributed by atoms with van der Waals surface area (Å²) in [6, 6.07) is 7.66. The Morgan fingerprint density at radius 3 is 1.85 bits per heavy atom. The van der Waals surface area contributed by atoms with Gasteiger partial charge in [0.05, 0.1) is 5.92 Å². The Kier molecular flexibility index (Phi) is 16.2. The number of nitrogens with one attached hydrogen (secondary N) is 1.